The SMILES string of the molecule is Cc1ccc(CC2Nc3c(Cc4cccc(F)c4)nc(-c4ccccc4)c[n+]3C2=O)o1. The molecular formula is C25H21FN3O2+. The molecule has 0 saturated carbocycles. The Labute approximate surface area is 179 Å². The number of carbonyl (C=O) groups excluding carboxylic acids is 1. The molecule has 154 valence electrons. The lowest BCUT2D eigenvalue weighted by Gasteiger charge is -2.07. The van der Waals surface area contributed by atoms with E-state index in [1.54, 1.807) is 16.8 Å². The maximum atomic E-state index is 13.8. The predicted molar refractivity (Wildman–Crippen MR) is 114 cm³/mol. The monoisotopic (exact) mass is 414 g/mol. The average Bonchev–Trinajstić information content (AvgIpc) is 3.32. The summed E-state index contributed by atoms with van der Waals surface area (Å²) in [6, 6.07) is 19.5. The highest BCUT2D eigenvalue weighted by Crippen LogP contribution is 2.25. The lowest BCUT2D eigenvalue weighted by atomic mass is 10.1. The van der Waals surface area contributed by atoms with Gasteiger partial charge >= 0.3 is 11.7 Å². The number of aryl methyl sites for hydroxylation is 1. The van der Waals surface area contributed by atoms with E-state index in [1.165, 1.54) is 12.1 Å². The van der Waals surface area contributed by atoms with Crippen molar-refractivity contribution in [1.82, 2.24) is 4.98 Å². The van der Waals surface area contributed by atoms with E-state index in [-0.39, 0.29) is 11.7 Å². The number of nitrogens with one attached hydrogen (secondary N) is 1. The standard InChI is InChI=1S/C25H20FN3O2/c1-16-10-11-20(31-16)14-22-25(30)29-15-23(18-7-3-2-4-8-18)27-21(24(29)28-22)13-17-6-5-9-19(26)12-17/h2-12,15,22H,13-14H2,1H3/p+1. The molecule has 0 fully saturated rings. The van der Waals surface area contributed by atoms with Crippen LogP contribution in [-0.2, 0) is 12.8 Å². The smallest absolute Gasteiger partial charge is 0.359 e. The number of halogens is 1. The Morgan fingerprint density at radius 2 is 1.94 bits per heavy atom. The molecule has 31 heavy (non-hydrogen) atoms. The number of furan rings is 1. The van der Waals surface area contributed by atoms with Gasteiger partial charge in [0.05, 0.1) is 6.42 Å². The molecule has 4 aromatic rings. The molecule has 2 aromatic heterocycles. The van der Waals surface area contributed by atoms with Gasteiger partial charge in [-0.3, -0.25) is 5.32 Å². The highest BCUT2D eigenvalue weighted by atomic mass is 19.1. The first-order chi connectivity index (χ1) is 15.1. The van der Waals surface area contributed by atoms with Crippen LogP contribution in [0.5, 0.6) is 0 Å². The normalized spacial score (nSPS) is 15.0. The predicted octanol–water partition coefficient (Wildman–Crippen LogP) is 4.34. The highest BCUT2D eigenvalue weighted by Gasteiger charge is 2.41. The lowest BCUT2D eigenvalue weighted by Crippen LogP contribution is -2.44. The number of nitrogens with zero attached hydrogens (tertiary/aromatic N) is 2. The summed E-state index contributed by atoms with van der Waals surface area (Å²) < 4.78 is 21.0. The van der Waals surface area contributed by atoms with Crippen LogP contribution in [0.3, 0.4) is 0 Å². The molecule has 0 saturated heterocycles. The molecule has 5 nitrogen and oxygen atoms in total. The zero-order valence-electron chi connectivity index (χ0n) is 17.0. The molecule has 1 atom stereocenters. The quantitative estimate of drug-likeness (QED) is 0.494. The lowest BCUT2D eigenvalue weighted by molar-refractivity contribution is -0.552. The Balaban J connectivity index is 1.55. The van der Waals surface area contributed by atoms with E-state index in [1.807, 2.05) is 55.5 Å². The van der Waals surface area contributed by atoms with Gasteiger partial charge in [0.15, 0.2) is 0 Å². The average molecular weight is 414 g/mol. The summed E-state index contributed by atoms with van der Waals surface area (Å²) in [7, 11) is 0. The van der Waals surface area contributed by atoms with Crippen LogP contribution in [0.1, 0.15) is 27.6 Å². The first-order valence-electron chi connectivity index (χ1n) is 10.2. The molecule has 6 heteroatoms. The van der Waals surface area contributed by atoms with Gasteiger partial charge in [0.25, 0.3) is 0 Å². The summed E-state index contributed by atoms with van der Waals surface area (Å²) in [6.07, 6.45) is 2.61. The van der Waals surface area contributed by atoms with Gasteiger partial charge < -0.3 is 4.42 Å². The van der Waals surface area contributed by atoms with Crippen molar-refractivity contribution in [3.05, 3.63) is 102 Å². The number of rotatable bonds is 5. The van der Waals surface area contributed by atoms with Gasteiger partial charge in [-0.1, -0.05) is 42.5 Å². The summed E-state index contributed by atoms with van der Waals surface area (Å²) in [5, 5.41) is 3.32. The molecule has 3 heterocycles. The molecule has 2 aromatic carbocycles. The van der Waals surface area contributed by atoms with Crippen molar-refractivity contribution in [3.8, 4) is 11.3 Å². The Morgan fingerprint density at radius 1 is 1.10 bits per heavy atom. The molecule has 1 unspecified atom stereocenters. The third-order valence-corrected chi connectivity index (χ3v) is 5.40. The third-order valence-electron chi connectivity index (χ3n) is 5.40. The van der Waals surface area contributed by atoms with E-state index in [0.717, 1.165) is 22.6 Å². The molecule has 1 aliphatic rings. The van der Waals surface area contributed by atoms with Crippen LogP contribution in [0.25, 0.3) is 11.3 Å². The van der Waals surface area contributed by atoms with E-state index in [4.69, 9.17) is 9.40 Å². The maximum absolute atomic E-state index is 13.8. The first-order valence-corrected chi connectivity index (χ1v) is 10.2. The summed E-state index contributed by atoms with van der Waals surface area (Å²) in [5.74, 6) is 1.84. The molecule has 0 bridgehead atoms. The highest BCUT2D eigenvalue weighted by molar-refractivity contribution is 5.82. The number of fused-ring (bicyclic) bond motifs is 1. The van der Waals surface area contributed by atoms with Gasteiger partial charge in [-0.15, -0.1) is 0 Å². The van der Waals surface area contributed by atoms with Crippen LogP contribution in [0.15, 0.2) is 77.3 Å². The van der Waals surface area contributed by atoms with Crippen LogP contribution in [-0.4, -0.2) is 16.9 Å². The number of carbonyl (C=O) groups is 1. The summed E-state index contributed by atoms with van der Waals surface area (Å²) in [5.41, 5.74) is 3.09. The van der Waals surface area contributed by atoms with Gasteiger partial charge in [-0.25, -0.2) is 14.2 Å². The van der Waals surface area contributed by atoms with Crippen LogP contribution in [0.4, 0.5) is 10.2 Å². The van der Waals surface area contributed by atoms with E-state index in [0.29, 0.717) is 30.0 Å². The van der Waals surface area contributed by atoms with Gasteiger partial charge in [0.1, 0.15) is 34.9 Å². The van der Waals surface area contributed by atoms with Crippen LogP contribution in [0, 0.1) is 12.7 Å². The Hall–Kier alpha value is -3.80. The van der Waals surface area contributed by atoms with Gasteiger partial charge in [0.2, 0.25) is 6.04 Å². The number of aromatic nitrogens is 2. The van der Waals surface area contributed by atoms with E-state index < -0.39 is 6.04 Å². The Bertz CT molecular complexity index is 1270. The summed E-state index contributed by atoms with van der Waals surface area (Å²) >= 11 is 0. The summed E-state index contributed by atoms with van der Waals surface area (Å²) in [6.45, 7) is 1.88. The Kier molecular flexibility index (Phi) is 4.82. The molecule has 0 aliphatic carbocycles. The van der Waals surface area contributed by atoms with Gasteiger partial charge in [0, 0.05) is 12.0 Å². The van der Waals surface area contributed by atoms with Crippen LogP contribution in [0.2, 0.25) is 0 Å². The van der Waals surface area contributed by atoms with Crippen LogP contribution >= 0.6 is 0 Å². The number of hydrogen-bond donors (Lipinski definition) is 1. The van der Waals surface area contributed by atoms with E-state index in [2.05, 4.69) is 5.32 Å². The second-order valence-electron chi connectivity index (χ2n) is 7.72. The van der Waals surface area contributed by atoms with Crippen molar-refractivity contribution in [2.75, 3.05) is 5.32 Å². The number of anilines is 1. The minimum Gasteiger partial charge on any atom is -0.466 e. The minimum atomic E-state index is -0.454. The van der Waals surface area contributed by atoms with E-state index >= 15 is 0 Å². The molecule has 5 rings (SSSR count). The molecular weight excluding hydrogens is 393 g/mol. The molecule has 0 amide bonds. The van der Waals surface area contributed by atoms with Crippen molar-refractivity contribution in [2.45, 2.75) is 25.8 Å². The molecule has 0 radical (unpaired) electrons. The fraction of sp³-hybridized carbons (Fsp3) is 0.160. The topological polar surface area (TPSA) is 59.0 Å². The Morgan fingerprint density at radius 3 is 2.68 bits per heavy atom. The van der Waals surface area contributed by atoms with Crippen molar-refractivity contribution in [2.24, 2.45) is 0 Å². The second kappa shape index (κ2) is 7.80. The largest absolute Gasteiger partial charge is 0.466 e. The van der Waals surface area contributed by atoms with Gasteiger partial charge in [-0.2, -0.15) is 4.57 Å². The fourth-order valence-corrected chi connectivity index (χ4v) is 3.92. The number of benzene rings is 2. The van der Waals surface area contributed by atoms with Crippen molar-refractivity contribution in [3.63, 3.8) is 0 Å². The van der Waals surface area contributed by atoms with Crippen molar-refractivity contribution in [1.29, 1.82) is 0 Å². The summed E-state index contributed by atoms with van der Waals surface area (Å²) in [4.78, 5) is 18.1. The zero-order valence-corrected chi connectivity index (χ0v) is 17.0. The van der Waals surface area contributed by atoms with Gasteiger partial charge in [-0.05, 0) is 36.8 Å². The van der Waals surface area contributed by atoms with Crippen LogP contribution < -0.4 is 9.88 Å². The maximum Gasteiger partial charge on any atom is 0.359 e. The minimum absolute atomic E-state index is 0.0656. The van der Waals surface area contributed by atoms with Crippen molar-refractivity contribution < 1.29 is 18.2 Å². The van der Waals surface area contributed by atoms with E-state index in [9.17, 15) is 9.18 Å². The van der Waals surface area contributed by atoms with Crippen molar-refractivity contribution >= 4 is 11.7 Å². The second-order valence-corrected chi connectivity index (χ2v) is 7.72. The zero-order chi connectivity index (χ0) is 21.4. The fourth-order valence-electron chi connectivity index (χ4n) is 3.92. The first kappa shape index (κ1) is 19.2. The molecule has 1 N–H and O–H groups in total. The molecule has 1 aliphatic heterocycles. The third kappa shape index (κ3) is 3.84. The number of hydrogen-bond acceptors (Lipinski definition) is 4. The molecule has 0 spiro atoms.